The maximum atomic E-state index is 11.5. The molecule has 1 aromatic heterocycles. The second kappa shape index (κ2) is 4.51. The fourth-order valence-corrected chi connectivity index (χ4v) is 2.62. The molecule has 0 aliphatic rings. The van der Waals surface area contributed by atoms with Crippen LogP contribution >= 0.6 is 0 Å². The number of nitrogens with two attached hydrogens (primary N) is 1. The lowest BCUT2D eigenvalue weighted by atomic mass is 10.1. The summed E-state index contributed by atoms with van der Waals surface area (Å²) < 4.78 is 27.9. The van der Waals surface area contributed by atoms with Crippen molar-refractivity contribution in [2.75, 3.05) is 6.26 Å². The van der Waals surface area contributed by atoms with E-state index < -0.39 is 9.84 Å². The molecule has 1 aromatic carbocycles. The molecular formula is C11H13N3O3S. The molecule has 2 aromatic rings. The number of hydrogen-bond acceptors (Lipinski definition) is 6. The van der Waals surface area contributed by atoms with Crippen LogP contribution in [0.1, 0.15) is 11.5 Å². The third kappa shape index (κ3) is 2.41. The lowest BCUT2D eigenvalue weighted by Gasteiger charge is -2.04. The van der Waals surface area contributed by atoms with E-state index in [4.69, 9.17) is 10.3 Å². The maximum Gasteiger partial charge on any atom is 0.240 e. The molecule has 0 spiro atoms. The summed E-state index contributed by atoms with van der Waals surface area (Å²) in [7, 11) is -3.22. The van der Waals surface area contributed by atoms with Gasteiger partial charge in [0.05, 0.1) is 11.4 Å². The lowest BCUT2D eigenvalue weighted by molar-refractivity contribution is 0.380. The Morgan fingerprint density at radius 1 is 1.39 bits per heavy atom. The predicted octanol–water partition coefficient (Wildman–Crippen LogP) is 0.907. The molecule has 0 saturated heterocycles. The minimum absolute atomic E-state index is 0.174. The zero-order chi connectivity index (χ0) is 13.3. The largest absolute Gasteiger partial charge is 0.338 e. The van der Waals surface area contributed by atoms with Crippen LogP contribution < -0.4 is 5.73 Å². The Morgan fingerprint density at radius 3 is 2.61 bits per heavy atom. The van der Waals surface area contributed by atoms with E-state index in [9.17, 15) is 8.42 Å². The van der Waals surface area contributed by atoms with Gasteiger partial charge in [-0.2, -0.15) is 4.98 Å². The summed E-state index contributed by atoms with van der Waals surface area (Å²) in [5.74, 6) is 0.744. The zero-order valence-electron chi connectivity index (χ0n) is 10.0. The molecule has 18 heavy (non-hydrogen) atoms. The number of aryl methyl sites for hydroxylation is 1. The van der Waals surface area contributed by atoms with Crippen LogP contribution in [-0.2, 0) is 16.4 Å². The van der Waals surface area contributed by atoms with Crippen LogP contribution in [0.3, 0.4) is 0 Å². The van der Waals surface area contributed by atoms with Crippen molar-refractivity contribution in [2.24, 2.45) is 5.73 Å². The first-order valence-electron chi connectivity index (χ1n) is 5.25. The smallest absolute Gasteiger partial charge is 0.240 e. The van der Waals surface area contributed by atoms with Crippen molar-refractivity contribution < 1.29 is 12.9 Å². The van der Waals surface area contributed by atoms with Gasteiger partial charge in [-0.05, 0) is 30.7 Å². The summed E-state index contributed by atoms with van der Waals surface area (Å²) in [6.07, 6.45) is 1.18. The fraction of sp³-hybridized carbons (Fsp3) is 0.273. The SMILES string of the molecule is Cc1cc(-c2noc(CN)n2)ccc1S(C)(=O)=O. The summed E-state index contributed by atoms with van der Waals surface area (Å²) in [6, 6.07) is 4.90. The van der Waals surface area contributed by atoms with Crippen molar-refractivity contribution >= 4 is 9.84 Å². The van der Waals surface area contributed by atoms with Crippen molar-refractivity contribution in [3.8, 4) is 11.4 Å². The Balaban J connectivity index is 2.46. The van der Waals surface area contributed by atoms with E-state index >= 15 is 0 Å². The molecule has 7 heteroatoms. The van der Waals surface area contributed by atoms with Gasteiger partial charge in [0.25, 0.3) is 0 Å². The number of rotatable bonds is 3. The van der Waals surface area contributed by atoms with Gasteiger partial charge in [-0.25, -0.2) is 8.42 Å². The minimum atomic E-state index is -3.22. The van der Waals surface area contributed by atoms with Gasteiger partial charge in [-0.15, -0.1) is 0 Å². The highest BCUT2D eigenvalue weighted by molar-refractivity contribution is 7.90. The van der Waals surface area contributed by atoms with Crippen LogP contribution in [0.5, 0.6) is 0 Å². The molecule has 0 bridgehead atoms. The molecule has 0 aliphatic carbocycles. The fourth-order valence-electron chi connectivity index (χ4n) is 1.66. The summed E-state index contributed by atoms with van der Waals surface area (Å²) in [4.78, 5) is 4.38. The Kier molecular flexibility index (Phi) is 3.18. The quantitative estimate of drug-likeness (QED) is 0.887. The first-order valence-corrected chi connectivity index (χ1v) is 7.14. The second-order valence-electron chi connectivity index (χ2n) is 3.97. The van der Waals surface area contributed by atoms with Crippen LogP contribution in [0.15, 0.2) is 27.6 Å². The standard InChI is InChI=1S/C11H13N3O3S/c1-7-5-8(3-4-9(7)18(2,15)16)11-13-10(6-12)17-14-11/h3-5H,6,12H2,1-2H3. The summed E-state index contributed by atoms with van der Waals surface area (Å²) in [6.45, 7) is 1.90. The third-order valence-electron chi connectivity index (χ3n) is 2.48. The second-order valence-corrected chi connectivity index (χ2v) is 5.95. The number of benzene rings is 1. The highest BCUT2D eigenvalue weighted by Crippen LogP contribution is 2.22. The molecule has 2 N–H and O–H groups in total. The predicted molar refractivity (Wildman–Crippen MR) is 65.5 cm³/mol. The Labute approximate surface area is 105 Å². The topological polar surface area (TPSA) is 99.1 Å². The first-order chi connectivity index (χ1) is 8.41. The molecule has 6 nitrogen and oxygen atoms in total. The van der Waals surface area contributed by atoms with Crippen molar-refractivity contribution in [1.29, 1.82) is 0 Å². The highest BCUT2D eigenvalue weighted by Gasteiger charge is 2.13. The number of sulfone groups is 1. The molecular weight excluding hydrogens is 254 g/mol. The van der Waals surface area contributed by atoms with Gasteiger partial charge in [0.2, 0.25) is 11.7 Å². The number of hydrogen-bond donors (Lipinski definition) is 1. The number of nitrogens with zero attached hydrogens (tertiary/aromatic N) is 2. The highest BCUT2D eigenvalue weighted by atomic mass is 32.2. The van der Waals surface area contributed by atoms with E-state index in [-0.39, 0.29) is 6.54 Å². The first kappa shape index (κ1) is 12.7. The van der Waals surface area contributed by atoms with E-state index in [2.05, 4.69) is 10.1 Å². The molecule has 0 radical (unpaired) electrons. The average Bonchev–Trinajstić information content (AvgIpc) is 2.75. The van der Waals surface area contributed by atoms with Crippen molar-refractivity contribution in [3.05, 3.63) is 29.7 Å². The molecule has 2 rings (SSSR count). The van der Waals surface area contributed by atoms with Crippen LogP contribution in [0.25, 0.3) is 11.4 Å². The number of aromatic nitrogens is 2. The Hall–Kier alpha value is -1.73. The molecule has 0 fully saturated rings. The zero-order valence-corrected chi connectivity index (χ0v) is 10.9. The summed E-state index contributed by atoms with van der Waals surface area (Å²) >= 11 is 0. The van der Waals surface area contributed by atoms with Gasteiger partial charge in [0.15, 0.2) is 9.84 Å². The normalized spacial score (nSPS) is 11.7. The van der Waals surface area contributed by atoms with Crippen LogP contribution in [0, 0.1) is 6.92 Å². The van der Waals surface area contributed by atoms with Gasteiger partial charge in [0, 0.05) is 11.8 Å². The minimum Gasteiger partial charge on any atom is -0.338 e. The van der Waals surface area contributed by atoms with E-state index in [1.165, 1.54) is 6.26 Å². The summed E-state index contributed by atoms with van der Waals surface area (Å²) in [5.41, 5.74) is 6.72. The van der Waals surface area contributed by atoms with Crippen molar-refractivity contribution in [1.82, 2.24) is 10.1 Å². The van der Waals surface area contributed by atoms with Gasteiger partial charge < -0.3 is 10.3 Å². The molecule has 0 aliphatic heterocycles. The van der Waals surface area contributed by atoms with E-state index in [0.717, 1.165) is 0 Å². The van der Waals surface area contributed by atoms with Gasteiger partial charge in [-0.3, -0.25) is 0 Å². The molecule has 0 unspecified atom stereocenters. The van der Waals surface area contributed by atoms with Gasteiger partial charge in [0.1, 0.15) is 0 Å². The van der Waals surface area contributed by atoms with Crippen molar-refractivity contribution in [3.63, 3.8) is 0 Å². The Morgan fingerprint density at radius 2 is 2.11 bits per heavy atom. The van der Waals surface area contributed by atoms with E-state index in [0.29, 0.717) is 27.7 Å². The van der Waals surface area contributed by atoms with Gasteiger partial charge in [-0.1, -0.05) is 5.16 Å². The van der Waals surface area contributed by atoms with Crippen molar-refractivity contribution in [2.45, 2.75) is 18.4 Å². The monoisotopic (exact) mass is 267 g/mol. The molecule has 0 atom stereocenters. The molecule has 1 heterocycles. The van der Waals surface area contributed by atoms with Crippen LogP contribution in [0.4, 0.5) is 0 Å². The summed E-state index contributed by atoms with van der Waals surface area (Å²) in [5, 5.41) is 3.77. The maximum absolute atomic E-state index is 11.5. The molecule has 0 saturated carbocycles. The van der Waals surface area contributed by atoms with Crippen LogP contribution in [0.2, 0.25) is 0 Å². The Bertz CT molecular complexity index is 677. The average molecular weight is 267 g/mol. The third-order valence-corrected chi connectivity index (χ3v) is 3.73. The van der Waals surface area contributed by atoms with E-state index in [1.54, 1.807) is 25.1 Å². The van der Waals surface area contributed by atoms with Crippen LogP contribution in [-0.4, -0.2) is 24.8 Å². The van der Waals surface area contributed by atoms with E-state index in [1.807, 2.05) is 0 Å². The molecule has 0 amide bonds. The molecule has 96 valence electrons. The van der Waals surface area contributed by atoms with Gasteiger partial charge >= 0.3 is 0 Å². The lowest BCUT2D eigenvalue weighted by Crippen LogP contribution is -2.00.